The maximum atomic E-state index is 13.0. The third-order valence-electron chi connectivity index (χ3n) is 5.10. The summed E-state index contributed by atoms with van der Waals surface area (Å²) in [7, 11) is -3.74. The lowest BCUT2D eigenvalue weighted by Gasteiger charge is -2.28. The van der Waals surface area contributed by atoms with Gasteiger partial charge in [0.15, 0.2) is 0 Å². The van der Waals surface area contributed by atoms with Crippen molar-refractivity contribution in [1.29, 1.82) is 0 Å². The molecule has 3 aromatic carbocycles. The minimum absolute atomic E-state index is 0.124. The Morgan fingerprint density at radius 1 is 0.964 bits per heavy atom. The van der Waals surface area contributed by atoms with Crippen molar-refractivity contribution in [1.82, 2.24) is 0 Å². The van der Waals surface area contributed by atoms with Crippen molar-refractivity contribution in [2.75, 3.05) is 16.2 Å². The van der Waals surface area contributed by atoms with Gasteiger partial charge in [-0.2, -0.15) is 0 Å². The highest BCUT2D eigenvalue weighted by Gasteiger charge is 2.22. The minimum Gasteiger partial charge on any atom is -0.312 e. The molecule has 1 amide bonds. The van der Waals surface area contributed by atoms with E-state index >= 15 is 0 Å². The van der Waals surface area contributed by atoms with Crippen LogP contribution in [0.3, 0.4) is 0 Å². The molecule has 0 radical (unpaired) electrons. The molecule has 4 rings (SSSR count). The van der Waals surface area contributed by atoms with Crippen LogP contribution in [0.2, 0.25) is 0 Å². The number of anilines is 2. The monoisotopic (exact) mass is 394 g/mol. The maximum absolute atomic E-state index is 13.0. The average molecular weight is 394 g/mol. The molecule has 1 fully saturated rings. The van der Waals surface area contributed by atoms with Crippen LogP contribution in [-0.4, -0.2) is 20.9 Å². The molecule has 5 nitrogen and oxygen atoms in total. The van der Waals surface area contributed by atoms with E-state index in [-0.39, 0.29) is 10.8 Å². The van der Waals surface area contributed by atoms with Crippen LogP contribution >= 0.6 is 0 Å². The number of nitrogens with zero attached hydrogens (tertiary/aromatic N) is 1. The first-order valence-corrected chi connectivity index (χ1v) is 10.9. The Balaban J connectivity index is 1.65. The number of sulfonamides is 1. The van der Waals surface area contributed by atoms with E-state index in [4.69, 9.17) is 0 Å². The summed E-state index contributed by atoms with van der Waals surface area (Å²) in [5, 5.41) is 1.56. The number of aryl methyl sites for hydroxylation is 1. The fourth-order valence-corrected chi connectivity index (χ4v) is 5.00. The molecular weight excluding hydrogens is 372 g/mol. The molecule has 0 bridgehead atoms. The van der Waals surface area contributed by atoms with E-state index in [2.05, 4.69) is 4.72 Å². The summed E-state index contributed by atoms with van der Waals surface area (Å²) in [6.45, 7) is 2.60. The van der Waals surface area contributed by atoms with Gasteiger partial charge >= 0.3 is 0 Å². The van der Waals surface area contributed by atoms with Crippen LogP contribution in [0.25, 0.3) is 10.8 Å². The van der Waals surface area contributed by atoms with Crippen LogP contribution in [0.15, 0.2) is 65.6 Å². The Morgan fingerprint density at radius 3 is 2.54 bits per heavy atom. The lowest BCUT2D eigenvalue weighted by atomic mass is 10.1. The van der Waals surface area contributed by atoms with Crippen molar-refractivity contribution in [3.63, 3.8) is 0 Å². The van der Waals surface area contributed by atoms with Gasteiger partial charge < -0.3 is 4.90 Å². The molecule has 144 valence electrons. The first-order valence-electron chi connectivity index (χ1n) is 9.37. The number of carbonyl (C=O) groups is 1. The Labute approximate surface area is 165 Å². The third-order valence-corrected chi connectivity index (χ3v) is 6.54. The number of hydrogen-bond acceptors (Lipinski definition) is 3. The van der Waals surface area contributed by atoms with Crippen LogP contribution in [-0.2, 0) is 14.8 Å². The molecule has 1 aliphatic rings. The van der Waals surface area contributed by atoms with Gasteiger partial charge in [-0.1, -0.05) is 36.4 Å². The van der Waals surface area contributed by atoms with Crippen LogP contribution in [0, 0.1) is 6.92 Å². The van der Waals surface area contributed by atoms with Crippen molar-refractivity contribution in [3.8, 4) is 0 Å². The van der Waals surface area contributed by atoms with Crippen LogP contribution in [0.1, 0.15) is 24.8 Å². The molecule has 1 saturated heterocycles. The van der Waals surface area contributed by atoms with Gasteiger partial charge in [0, 0.05) is 29.7 Å². The standard InChI is InChI=1S/C22H22N2O3S/c1-16-15-18(12-13-20(16)24-14-5-4-11-22(24)25)23-28(26,27)21-10-6-8-17-7-2-3-9-19(17)21/h2-3,6-10,12-13,15,23H,4-5,11,14H2,1H3. The van der Waals surface area contributed by atoms with E-state index in [0.717, 1.165) is 29.5 Å². The van der Waals surface area contributed by atoms with Gasteiger partial charge in [0.05, 0.1) is 4.90 Å². The van der Waals surface area contributed by atoms with Gasteiger partial charge in [0.25, 0.3) is 10.0 Å². The number of rotatable bonds is 4. The lowest BCUT2D eigenvalue weighted by Crippen LogP contribution is -2.35. The maximum Gasteiger partial charge on any atom is 0.262 e. The highest BCUT2D eigenvalue weighted by atomic mass is 32.2. The summed E-state index contributed by atoms with van der Waals surface area (Å²) in [6, 6.07) is 18.0. The van der Waals surface area contributed by atoms with Crippen molar-refractivity contribution >= 4 is 38.1 Å². The van der Waals surface area contributed by atoms with E-state index in [1.807, 2.05) is 37.3 Å². The van der Waals surface area contributed by atoms with Gasteiger partial charge in [-0.15, -0.1) is 0 Å². The Morgan fingerprint density at radius 2 is 1.75 bits per heavy atom. The second-order valence-corrected chi connectivity index (χ2v) is 8.74. The van der Waals surface area contributed by atoms with Gasteiger partial charge in [-0.3, -0.25) is 9.52 Å². The molecule has 0 aromatic heterocycles. The summed E-state index contributed by atoms with van der Waals surface area (Å²) in [5.74, 6) is 0.124. The number of benzene rings is 3. The topological polar surface area (TPSA) is 66.5 Å². The van der Waals surface area contributed by atoms with E-state index in [1.165, 1.54) is 0 Å². The van der Waals surface area contributed by atoms with Gasteiger partial charge in [0.2, 0.25) is 5.91 Å². The van der Waals surface area contributed by atoms with Crippen molar-refractivity contribution in [3.05, 3.63) is 66.2 Å². The smallest absolute Gasteiger partial charge is 0.262 e. The summed E-state index contributed by atoms with van der Waals surface area (Å²) < 4.78 is 28.7. The number of carbonyl (C=O) groups excluding carboxylic acids is 1. The van der Waals surface area contributed by atoms with Crippen LogP contribution < -0.4 is 9.62 Å². The number of piperidine rings is 1. The SMILES string of the molecule is Cc1cc(NS(=O)(=O)c2cccc3ccccc23)ccc1N1CCCCC1=O. The molecule has 0 unspecified atom stereocenters. The van der Waals surface area contributed by atoms with Crippen molar-refractivity contribution in [2.24, 2.45) is 0 Å². The predicted octanol–water partition coefficient (Wildman–Crippen LogP) is 4.47. The first-order chi connectivity index (χ1) is 13.5. The third kappa shape index (κ3) is 3.47. The number of amides is 1. The Kier molecular flexibility index (Phi) is 4.81. The second-order valence-electron chi connectivity index (χ2n) is 7.09. The van der Waals surface area contributed by atoms with Crippen LogP contribution in [0.5, 0.6) is 0 Å². The molecule has 0 spiro atoms. The van der Waals surface area contributed by atoms with Crippen molar-refractivity contribution < 1.29 is 13.2 Å². The molecule has 0 atom stereocenters. The fourth-order valence-electron chi connectivity index (χ4n) is 3.72. The molecular formula is C22H22N2O3S. The molecule has 1 heterocycles. The Hall–Kier alpha value is -2.86. The predicted molar refractivity (Wildman–Crippen MR) is 112 cm³/mol. The molecule has 0 aliphatic carbocycles. The van der Waals surface area contributed by atoms with Gasteiger partial charge in [-0.05, 0) is 55.0 Å². The number of nitrogens with one attached hydrogen (secondary N) is 1. The lowest BCUT2D eigenvalue weighted by molar-refractivity contribution is -0.119. The largest absolute Gasteiger partial charge is 0.312 e. The zero-order valence-electron chi connectivity index (χ0n) is 15.7. The average Bonchev–Trinajstić information content (AvgIpc) is 2.68. The molecule has 1 aliphatic heterocycles. The minimum atomic E-state index is -3.74. The first kappa shape index (κ1) is 18.5. The Bertz CT molecular complexity index is 1150. The van der Waals surface area contributed by atoms with Gasteiger partial charge in [0.1, 0.15) is 0 Å². The van der Waals surface area contributed by atoms with E-state index < -0.39 is 10.0 Å². The fraction of sp³-hybridized carbons (Fsp3) is 0.227. The van der Waals surface area contributed by atoms with E-state index in [9.17, 15) is 13.2 Å². The molecule has 28 heavy (non-hydrogen) atoms. The van der Waals surface area contributed by atoms with Crippen LogP contribution in [0.4, 0.5) is 11.4 Å². The van der Waals surface area contributed by atoms with Crippen molar-refractivity contribution in [2.45, 2.75) is 31.1 Å². The van der Waals surface area contributed by atoms with E-state index in [0.29, 0.717) is 24.0 Å². The molecule has 6 heteroatoms. The highest BCUT2D eigenvalue weighted by Crippen LogP contribution is 2.29. The number of hydrogen-bond donors (Lipinski definition) is 1. The molecule has 3 aromatic rings. The second kappa shape index (κ2) is 7.28. The zero-order valence-corrected chi connectivity index (χ0v) is 16.5. The summed E-state index contributed by atoms with van der Waals surface area (Å²) in [6.07, 6.45) is 2.48. The molecule has 0 saturated carbocycles. The summed E-state index contributed by atoms with van der Waals surface area (Å²) in [4.78, 5) is 14.2. The number of fused-ring (bicyclic) bond motifs is 1. The summed E-state index contributed by atoms with van der Waals surface area (Å²) >= 11 is 0. The quantitative estimate of drug-likeness (QED) is 0.710. The highest BCUT2D eigenvalue weighted by molar-refractivity contribution is 7.93. The van der Waals surface area contributed by atoms with E-state index in [1.54, 1.807) is 35.2 Å². The summed E-state index contributed by atoms with van der Waals surface area (Å²) in [5.41, 5.74) is 2.20. The zero-order chi connectivity index (χ0) is 19.7. The molecule has 1 N–H and O–H groups in total. The van der Waals surface area contributed by atoms with Gasteiger partial charge in [-0.25, -0.2) is 8.42 Å². The normalized spacial score (nSPS) is 15.0.